The van der Waals surface area contributed by atoms with Gasteiger partial charge in [0.25, 0.3) is 0 Å². The van der Waals surface area contributed by atoms with Crippen LogP contribution in [0.2, 0.25) is 0 Å². The van der Waals surface area contributed by atoms with Gasteiger partial charge in [-0.15, -0.1) is 0 Å². The van der Waals surface area contributed by atoms with Gasteiger partial charge in [-0.2, -0.15) is 0 Å². The third kappa shape index (κ3) is 6.58. The van der Waals surface area contributed by atoms with E-state index in [0.717, 1.165) is 11.5 Å². The number of benzene rings is 4. The fraction of sp³-hybridized carbons (Fsp3) is 0.250. The molecule has 0 spiro atoms. The Balaban J connectivity index is 1.43. The lowest BCUT2D eigenvalue weighted by atomic mass is 9.93. The number of aryl methyl sites for hydroxylation is 1. The highest BCUT2D eigenvalue weighted by Gasteiger charge is 2.08. The van der Waals surface area contributed by atoms with E-state index in [-0.39, 0.29) is 0 Å². The molecule has 0 atom stereocenters. The minimum Gasteiger partial charge on any atom is -0.457 e. The van der Waals surface area contributed by atoms with Crippen molar-refractivity contribution in [2.45, 2.75) is 51.9 Å². The summed E-state index contributed by atoms with van der Waals surface area (Å²) in [6.45, 7) is 2.27. The highest BCUT2D eigenvalue weighted by Crippen LogP contribution is 2.33. The SMILES string of the molecule is CCCCCCCCc1ccc(-c2ccccc2-c2ccc(Oc3ccccc3)cc2)cc1. The van der Waals surface area contributed by atoms with Gasteiger partial charge in [0.05, 0.1) is 0 Å². The molecule has 0 bridgehead atoms. The average Bonchev–Trinajstić information content (AvgIpc) is 2.88. The first-order valence-electron chi connectivity index (χ1n) is 12.3. The lowest BCUT2D eigenvalue weighted by molar-refractivity contribution is 0.483. The highest BCUT2D eigenvalue weighted by molar-refractivity contribution is 5.83. The minimum absolute atomic E-state index is 0.849. The molecule has 168 valence electrons. The topological polar surface area (TPSA) is 9.23 Å². The number of ether oxygens (including phenoxy) is 1. The summed E-state index contributed by atoms with van der Waals surface area (Å²) in [5.41, 5.74) is 6.41. The molecule has 0 unspecified atom stereocenters. The smallest absolute Gasteiger partial charge is 0.127 e. The van der Waals surface area contributed by atoms with Gasteiger partial charge in [-0.3, -0.25) is 0 Å². The molecule has 0 saturated heterocycles. The van der Waals surface area contributed by atoms with Crippen LogP contribution in [0.4, 0.5) is 0 Å². The molecule has 4 aromatic carbocycles. The molecule has 0 amide bonds. The lowest BCUT2D eigenvalue weighted by Crippen LogP contribution is -1.89. The van der Waals surface area contributed by atoms with Gasteiger partial charge in [0.1, 0.15) is 11.5 Å². The number of para-hydroxylation sites is 1. The van der Waals surface area contributed by atoms with Crippen molar-refractivity contribution in [3.63, 3.8) is 0 Å². The standard InChI is InChI=1S/C32H34O/c1-2-3-4-5-6-8-13-26-18-20-27(21-19-26)31-16-11-12-17-32(31)28-22-24-30(25-23-28)33-29-14-9-7-10-15-29/h7,9-12,14-25H,2-6,8,13H2,1H3. The van der Waals surface area contributed by atoms with Crippen LogP contribution >= 0.6 is 0 Å². The molecule has 4 rings (SSSR count). The summed E-state index contributed by atoms with van der Waals surface area (Å²) >= 11 is 0. The summed E-state index contributed by atoms with van der Waals surface area (Å²) in [7, 11) is 0. The fourth-order valence-electron chi connectivity index (χ4n) is 4.27. The van der Waals surface area contributed by atoms with Crippen molar-refractivity contribution < 1.29 is 4.74 Å². The molecular weight excluding hydrogens is 400 g/mol. The Hall–Kier alpha value is -3.32. The average molecular weight is 435 g/mol. The van der Waals surface area contributed by atoms with E-state index in [2.05, 4.69) is 67.6 Å². The number of unbranched alkanes of at least 4 members (excludes halogenated alkanes) is 5. The van der Waals surface area contributed by atoms with Gasteiger partial charge in [-0.1, -0.05) is 118 Å². The van der Waals surface area contributed by atoms with E-state index in [9.17, 15) is 0 Å². The first-order chi connectivity index (χ1) is 16.3. The van der Waals surface area contributed by atoms with Crippen LogP contribution in [0, 0.1) is 0 Å². The zero-order chi connectivity index (χ0) is 22.7. The van der Waals surface area contributed by atoms with Crippen molar-refractivity contribution in [1.29, 1.82) is 0 Å². The van der Waals surface area contributed by atoms with Crippen molar-refractivity contribution in [3.05, 3.63) is 109 Å². The number of hydrogen-bond donors (Lipinski definition) is 0. The Labute approximate surface area is 199 Å². The number of rotatable bonds is 11. The van der Waals surface area contributed by atoms with Gasteiger partial charge < -0.3 is 4.74 Å². The van der Waals surface area contributed by atoms with Crippen molar-refractivity contribution in [3.8, 4) is 33.8 Å². The summed E-state index contributed by atoms with van der Waals surface area (Å²) in [5.74, 6) is 1.70. The molecule has 1 nitrogen and oxygen atoms in total. The molecule has 0 aliphatic rings. The lowest BCUT2D eigenvalue weighted by Gasteiger charge is -2.12. The van der Waals surface area contributed by atoms with E-state index in [1.54, 1.807) is 0 Å². The molecule has 0 radical (unpaired) electrons. The molecule has 0 aliphatic heterocycles. The molecular formula is C32H34O. The normalized spacial score (nSPS) is 10.8. The van der Waals surface area contributed by atoms with Crippen LogP contribution in [-0.2, 0) is 6.42 Å². The van der Waals surface area contributed by atoms with Gasteiger partial charge >= 0.3 is 0 Å². The quantitative estimate of drug-likeness (QED) is 0.213. The summed E-state index contributed by atoms with van der Waals surface area (Å²) in [4.78, 5) is 0. The van der Waals surface area contributed by atoms with Crippen LogP contribution in [0.3, 0.4) is 0 Å². The molecule has 1 heteroatoms. The monoisotopic (exact) mass is 434 g/mol. The number of hydrogen-bond acceptors (Lipinski definition) is 1. The van der Waals surface area contributed by atoms with E-state index >= 15 is 0 Å². The first-order valence-corrected chi connectivity index (χ1v) is 12.3. The minimum atomic E-state index is 0.849. The van der Waals surface area contributed by atoms with E-state index in [0.29, 0.717) is 0 Å². The van der Waals surface area contributed by atoms with Crippen LogP contribution in [-0.4, -0.2) is 0 Å². The third-order valence-electron chi connectivity index (χ3n) is 6.16. The maximum atomic E-state index is 5.96. The summed E-state index contributed by atoms with van der Waals surface area (Å²) in [6.07, 6.45) is 9.24. The molecule has 0 N–H and O–H groups in total. The molecule has 0 aliphatic carbocycles. The molecule has 4 aromatic rings. The van der Waals surface area contributed by atoms with Crippen LogP contribution < -0.4 is 4.74 Å². The van der Waals surface area contributed by atoms with Crippen LogP contribution in [0.5, 0.6) is 11.5 Å². The first kappa shape index (κ1) is 22.9. The van der Waals surface area contributed by atoms with Crippen molar-refractivity contribution in [2.75, 3.05) is 0 Å². The van der Waals surface area contributed by atoms with Gasteiger partial charge in [0.2, 0.25) is 0 Å². The molecule has 0 aromatic heterocycles. The van der Waals surface area contributed by atoms with Crippen LogP contribution in [0.1, 0.15) is 51.0 Å². The Bertz CT molecular complexity index is 1100. The van der Waals surface area contributed by atoms with E-state index in [1.165, 1.54) is 72.8 Å². The predicted octanol–water partition coefficient (Wildman–Crippen LogP) is 9.72. The van der Waals surface area contributed by atoms with Gasteiger partial charge in [-0.25, -0.2) is 0 Å². The van der Waals surface area contributed by atoms with Crippen LogP contribution in [0.25, 0.3) is 22.3 Å². The van der Waals surface area contributed by atoms with E-state index < -0.39 is 0 Å². The van der Waals surface area contributed by atoms with Crippen molar-refractivity contribution >= 4 is 0 Å². The van der Waals surface area contributed by atoms with Crippen LogP contribution in [0.15, 0.2) is 103 Å². The summed E-state index contributed by atoms with van der Waals surface area (Å²) in [5, 5.41) is 0. The zero-order valence-electron chi connectivity index (χ0n) is 19.7. The van der Waals surface area contributed by atoms with Gasteiger partial charge in [-0.05, 0) is 64.9 Å². The second-order valence-electron chi connectivity index (χ2n) is 8.70. The van der Waals surface area contributed by atoms with E-state index in [1.807, 2.05) is 42.5 Å². The largest absolute Gasteiger partial charge is 0.457 e. The fourth-order valence-corrected chi connectivity index (χ4v) is 4.27. The Morgan fingerprint density at radius 3 is 1.64 bits per heavy atom. The second-order valence-corrected chi connectivity index (χ2v) is 8.70. The maximum Gasteiger partial charge on any atom is 0.127 e. The highest BCUT2D eigenvalue weighted by atomic mass is 16.5. The molecule has 0 heterocycles. The van der Waals surface area contributed by atoms with Gasteiger partial charge in [0, 0.05) is 0 Å². The Morgan fingerprint density at radius 2 is 1.00 bits per heavy atom. The maximum absolute atomic E-state index is 5.96. The molecule has 0 fully saturated rings. The molecule has 0 saturated carbocycles. The Kier molecular flexibility index (Phi) is 8.36. The zero-order valence-corrected chi connectivity index (χ0v) is 19.7. The van der Waals surface area contributed by atoms with Gasteiger partial charge in [0.15, 0.2) is 0 Å². The Morgan fingerprint density at radius 1 is 0.485 bits per heavy atom. The van der Waals surface area contributed by atoms with E-state index in [4.69, 9.17) is 4.74 Å². The van der Waals surface area contributed by atoms with Crippen molar-refractivity contribution in [2.24, 2.45) is 0 Å². The third-order valence-corrected chi connectivity index (χ3v) is 6.16. The predicted molar refractivity (Wildman–Crippen MR) is 141 cm³/mol. The summed E-state index contributed by atoms with van der Waals surface area (Å²) < 4.78 is 5.96. The summed E-state index contributed by atoms with van der Waals surface area (Å²) in [6, 6.07) is 36.1. The molecule has 33 heavy (non-hydrogen) atoms. The second kappa shape index (κ2) is 12.1. The van der Waals surface area contributed by atoms with Crippen molar-refractivity contribution in [1.82, 2.24) is 0 Å².